The van der Waals surface area contributed by atoms with E-state index in [9.17, 15) is 8.42 Å². The van der Waals surface area contributed by atoms with Gasteiger partial charge in [-0.15, -0.1) is 0 Å². The molecule has 0 spiro atoms. The lowest BCUT2D eigenvalue weighted by atomic mass is 10.0. The van der Waals surface area contributed by atoms with Gasteiger partial charge in [0.2, 0.25) is 0 Å². The van der Waals surface area contributed by atoms with Crippen LogP contribution in [0.4, 0.5) is 0 Å². The van der Waals surface area contributed by atoms with E-state index in [-0.39, 0.29) is 17.6 Å². The van der Waals surface area contributed by atoms with Crippen molar-refractivity contribution in [3.05, 3.63) is 35.9 Å². The molecule has 3 saturated heterocycles. The van der Waals surface area contributed by atoms with Gasteiger partial charge in [-0.25, -0.2) is 8.42 Å². The van der Waals surface area contributed by atoms with Crippen LogP contribution in [0, 0.1) is 0 Å². The topological polar surface area (TPSA) is 80.3 Å². The van der Waals surface area contributed by atoms with Crippen molar-refractivity contribution in [2.24, 2.45) is 0 Å². The fourth-order valence-electron chi connectivity index (χ4n) is 4.16. The van der Waals surface area contributed by atoms with Gasteiger partial charge in [0.05, 0.1) is 18.1 Å². The van der Waals surface area contributed by atoms with Crippen LogP contribution in [0.3, 0.4) is 0 Å². The standard InChI is InChI=1S/C20H28O7S/c1-19(2)23-10-14(25-19)16-18-17(26-20(3,4)27-18)15(24-16)12-28(21,22)11-13-8-6-5-7-9-13/h5-9,14-18H,10-12H2,1-4H3/t14-,15?,16-,17-,18+/m1/s1. The summed E-state index contributed by atoms with van der Waals surface area (Å²) in [4.78, 5) is 0. The molecule has 4 rings (SSSR count). The second-order valence-corrected chi connectivity index (χ2v) is 10.7. The highest BCUT2D eigenvalue weighted by Gasteiger charge is 2.59. The quantitative estimate of drug-likeness (QED) is 0.732. The fraction of sp³-hybridized carbons (Fsp3) is 0.700. The molecule has 1 aromatic rings. The molecular weight excluding hydrogens is 384 g/mol. The van der Waals surface area contributed by atoms with Gasteiger partial charge in [0, 0.05) is 0 Å². The van der Waals surface area contributed by atoms with Crippen LogP contribution in [0.2, 0.25) is 0 Å². The predicted octanol–water partition coefficient (Wildman–Crippen LogP) is 2.04. The van der Waals surface area contributed by atoms with Gasteiger partial charge >= 0.3 is 0 Å². The Morgan fingerprint density at radius 2 is 1.61 bits per heavy atom. The third kappa shape index (κ3) is 4.27. The first-order valence-corrected chi connectivity index (χ1v) is 11.4. The van der Waals surface area contributed by atoms with Crippen molar-refractivity contribution in [2.75, 3.05) is 12.4 Å². The van der Waals surface area contributed by atoms with Gasteiger partial charge in [-0.05, 0) is 33.3 Å². The predicted molar refractivity (Wildman–Crippen MR) is 101 cm³/mol. The number of hydrogen-bond acceptors (Lipinski definition) is 7. The SMILES string of the molecule is CC1(C)O[C@H]2[C@@H]([C@H]3COC(C)(C)O3)OC(CS(=O)(=O)Cc3ccccc3)[C@H]2O1. The van der Waals surface area contributed by atoms with Crippen molar-refractivity contribution in [3.63, 3.8) is 0 Å². The summed E-state index contributed by atoms with van der Waals surface area (Å²) in [7, 11) is -3.40. The molecular formula is C20H28O7S. The highest BCUT2D eigenvalue weighted by atomic mass is 32.2. The Hall–Kier alpha value is -1.03. The van der Waals surface area contributed by atoms with Gasteiger partial charge in [-0.2, -0.15) is 0 Å². The fourth-order valence-corrected chi connectivity index (χ4v) is 5.75. The Labute approximate surface area is 166 Å². The maximum absolute atomic E-state index is 12.8. The maximum atomic E-state index is 12.8. The normalized spacial score (nSPS) is 36.5. The van der Waals surface area contributed by atoms with Crippen LogP contribution in [0.5, 0.6) is 0 Å². The summed E-state index contributed by atoms with van der Waals surface area (Å²) < 4.78 is 55.4. The summed E-state index contributed by atoms with van der Waals surface area (Å²) in [6, 6.07) is 9.14. The lowest BCUT2D eigenvalue weighted by molar-refractivity contribution is -0.204. The zero-order chi connectivity index (χ0) is 20.2. The monoisotopic (exact) mass is 412 g/mol. The third-order valence-corrected chi connectivity index (χ3v) is 6.84. The molecule has 0 aromatic heterocycles. The van der Waals surface area contributed by atoms with E-state index in [2.05, 4.69) is 0 Å². The number of ether oxygens (including phenoxy) is 5. The molecule has 28 heavy (non-hydrogen) atoms. The van der Waals surface area contributed by atoms with E-state index in [0.29, 0.717) is 6.61 Å². The number of fused-ring (bicyclic) bond motifs is 1. The first kappa shape index (κ1) is 20.3. The minimum atomic E-state index is -3.40. The Morgan fingerprint density at radius 1 is 0.929 bits per heavy atom. The molecule has 3 fully saturated rings. The van der Waals surface area contributed by atoms with Gasteiger partial charge in [0.1, 0.15) is 30.5 Å². The molecule has 3 aliphatic heterocycles. The number of rotatable bonds is 5. The Bertz CT molecular complexity index is 805. The van der Waals surface area contributed by atoms with Crippen molar-refractivity contribution in [1.82, 2.24) is 0 Å². The van der Waals surface area contributed by atoms with Gasteiger partial charge < -0.3 is 23.7 Å². The summed E-state index contributed by atoms with van der Waals surface area (Å²) >= 11 is 0. The minimum absolute atomic E-state index is 0.0317. The van der Waals surface area contributed by atoms with Crippen molar-refractivity contribution in [3.8, 4) is 0 Å². The van der Waals surface area contributed by atoms with Gasteiger partial charge in [-0.1, -0.05) is 30.3 Å². The highest BCUT2D eigenvalue weighted by molar-refractivity contribution is 7.90. The molecule has 0 radical (unpaired) electrons. The summed E-state index contributed by atoms with van der Waals surface area (Å²) in [6.07, 6.45) is -2.24. The Morgan fingerprint density at radius 3 is 2.25 bits per heavy atom. The minimum Gasteiger partial charge on any atom is -0.365 e. The molecule has 3 aliphatic rings. The van der Waals surface area contributed by atoms with E-state index < -0.39 is 45.8 Å². The van der Waals surface area contributed by atoms with Gasteiger partial charge in [0.15, 0.2) is 21.4 Å². The Kier molecular flexibility index (Phi) is 5.09. The summed E-state index contributed by atoms with van der Waals surface area (Å²) in [5.41, 5.74) is 0.756. The van der Waals surface area contributed by atoms with Crippen LogP contribution in [0.15, 0.2) is 30.3 Å². The zero-order valence-corrected chi connectivity index (χ0v) is 17.5. The first-order valence-electron chi connectivity index (χ1n) is 9.61. The van der Waals surface area contributed by atoms with Crippen LogP contribution in [-0.2, 0) is 39.3 Å². The number of benzene rings is 1. The lowest BCUT2D eigenvalue weighted by Crippen LogP contribution is -2.40. The average molecular weight is 413 g/mol. The third-order valence-electron chi connectivity index (χ3n) is 5.23. The molecule has 8 heteroatoms. The van der Waals surface area contributed by atoms with E-state index >= 15 is 0 Å². The molecule has 0 N–H and O–H groups in total. The summed E-state index contributed by atoms with van der Waals surface area (Å²) in [5.74, 6) is -1.66. The molecule has 5 atom stereocenters. The molecule has 0 bridgehead atoms. The smallest absolute Gasteiger partial charge is 0.164 e. The van der Waals surface area contributed by atoms with E-state index in [4.69, 9.17) is 23.7 Å². The highest BCUT2D eigenvalue weighted by Crippen LogP contribution is 2.42. The van der Waals surface area contributed by atoms with E-state index in [1.165, 1.54) is 0 Å². The van der Waals surface area contributed by atoms with Gasteiger partial charge in [-0.3, -0.25) is 0 Å². The molecule has 1 unspecified atom stereocenters. The van der Waals surface area contributed by atoms with Crippen LogP contribution in [-0.4, -0.2) is 62.9 Å². The van der Waals surface area contributed by atoms with E-state index in [0.717, 1.165) is 5.56 Å². The van der Waals surface area contributed by atoms with Crippen molar-refractivity contribution in [1.29, 1.82) is 0 Å². The van der Waals surface area contributed by atoms with Crippen molar-refractivity contribution < 1.29 is 32.1 Å². The van der Waals surface area contributed by atoms with Crippen LogP contribution >= 0.6 is 0 Å². The van der Waals surface area contributed by atoms with Crippen molar-refractivity contribution in [2.45, 2.75) is 75.5 Å². The Balaban J connectivity index is 1.51. The zero-order valence-electron chi connectivity index (χ0n) is 16.7. The van der Waals surface area contributed by atoms with Crippen molar-refractivity contribution >= 4 is 9.84 Å². The molecule has 7 nitrogen and oxygen atoms in total. The number of hydrogen-bond donors (Lipinski definition) is 0. The second kappa shape index (κ2) is 7.04. The molecule has 0 aliphatic carbocycles. The lowest BCUT2D eigenvalue weighted by Gasteiger charge is -2.27. The maximum Gasteiger partial charge on any atom is 0.164 e. The van der Waals surface area contributed by atoms with E-state index in [1.54, 1.807) is 0 Å². The van der Waals surface area contributed by atoms with E-state index in [1.807, 2.05) is 58.0 Å². The molecule has 0 amide bonds. The number of sulfone groups is 1. The molecule has 156 valence electrons. The molecule has 3 heterocycles. The molecule has 0 saturated carbocycles. The summed E-state index contributed by atoms with van der Waals surface area (Å²) in [6.45, 7) is 7.71. The second-order valence-electron chi connectivity index (χ2n) is 8.61. The van der Waals surface area contributed by atoms with Crippen LogP contribution in [0.25, 0.3) is 0 Å². The molecule has 1 aromatic carbocycles. The first-order chi connectivity index (χ1) is 13.0. The summed E-state index contributed by atoms with van der Waals surface area (Å²) in [5, 5.41) is 0. The largest absolute Gasteiger partial charge is 0.365 e. The average Bonchev–Trinajstić information content (AvgIpc) is 3.19. The van der Waals surface area contributed by atoms with Crippen LogP contribution in [0.1, 0.15) is 33.3 Å². The van der Waals surface area contributed by atoms with Crippen LogP contribution < -0.4 is 0 Å². The van der Waals surface area contributed by atoms with Gasteiger partial charge in [0.25, 0.3) is 0 Å².